The number of carbonyl (C=O) groups excluding carboxylic acids is 2. The van der Waals surface area contributed by atoms with Crippen molar-refractivity contribution in [3.63, 3.8) is 0 Å². The zero-order valence-electron chi connectivity index (χ0n) is 7.04. The standard InChI is InChI=1S/C7H13N3O2/c1-2-10(7(8)12)5-3-4-9-6(5)11/h5H,2-4H2,1H3,(H2,8,12)(H,9,11). The zero-order valence-corrected chi connectivity index (χ0v) is 7.04. The number of carbonyl (C=O) groups is 2. The van der Waals surface area contributed by atoms with E-state index in [1.165, 1.54) is 4.90 Å². The second-order valence-electron chi connectivity index (χ2n) is 2.72. The molecule has 1 rings (SSSR count). The van der Waals surface area contributed by atoms with Crippen molar-refractivity contribution in [1.82, 2.24) is 10.2 Å². The van der Waals surface area contributed by atoms with Crippen LogP contribution < -0.4 is 11.1 Å². The van der Waals surface area contributed by atoms with E-state index in [2.05, 4.69) is 5.32 Å². The molecule has 1 heterocycles. The van der Waals surface area contributed by atoms with E-state index in [-0.39, 0.29) is 11.9 Å². The molecule has 0 saturated carbocycles. The molecule has 1 aliphatic heterocycles. The molecule has 1 unspecified atom stereocenters. The fourth-order valence-corrected chi connectivity index (χ4v) is 1.41. The molecule has 0 spiro atoms. The molecule has 0 aromatic carbocycles. The van der Waals surface area contributed by atoms with Gasteiger partial charge >= 0.3 is 6.03 Å². The van der Waals surface area contributed by atoms with Crippen molar-refractivity contribution < 1.29 is 9.59 Å². The van der Waals surface area contributed by atoms with Crippen molar-refractivity contribution in [3.05, 3.63) is 0 Å². The van der Waals surface area contributed by atoms with E-state index in [0.29, 0.717) is 19.5 Å². The summed E-state index contributed by atoms with van der Waals surface area (Å²) < 4.78 is 0. The molecular formula is C7H13N3O2. The lowest BCUT2D eigenvalue weighted by atomic mass is 10.2. The van der Waals surface area contributed by atoms with E-state index in [0.717, 1.165) is 0 Å². The number of primary amides is 1. The third-order valence-corrected chi connectivity index (χ3v) is 2.02. The first-order valence-corrected chi connectivity index (χ1v) is 4.00. The van der Waals surface area contributed by atoms with Crippen LogP contribution in [-0.4, -0.2) is 36.0 Å². The minimum absolute atomic E-state index is 0.101. The zero-order chi connectivity index (χ0) is 9.14. The summed E-state index contributed by atoms with van der Waals surface area (Å²) in [5, 5.41) is 2.65. The highest BCUT2D eigenvalue weighted by Crippen LogP contribution is 2.08. The molecule has 0 aliphatic carbocycles. The molecule has 1 aliphatic rings. The average Bonchev–Trinajstić information content (AvgIpc) is 2.38. The van der Waals surface area contributed by atoms with E-state index in [9.17, 15) is 9.59 Å². The lowest BCUT2D eigenvalue weighted by Crippen LogP contribution is -2.46. The highest BCUT2D eigenvalue weighted by molar-refractivity contribution is 5.88. The van der Waals surface area contributed by atoms with Crippen molar-refractivity contribution in [1.29, 1.82) is 0 Å². The molecule has 3 N–H and O–H groups in total. The van der Waals surface area contributed by atoms with Gasteiger partial charge in [-0.2, -0.15) is 0 Å². The van der Waals surface area contributed by atoms with Crippen LogP contribution in [0.4, 0.5) is 4.79 Å². The molecule has 68 valence electrons. The smallest absolute Gasteiger partial charge is 0.315 e. The van der Waals surface area contributed by atoms with E-state index in [4.69, 9.17) is 5.73 Å². The summed E-state index contributed by atoms with van der Waals surface area (Å²) in [7, 11) is 0. The number of likely N-dealkylation sites (N-methyl/N-ethyl adjacent to an activating group) is 1. The molecular weight excluding hydrogens is 158 g/mol. The Hall–Kier alpha value is -1.26. The topological polar surface area (TPSA) is 75.4 Å². The van der Waals surface area contributed by atoms with Crippen LogP contribution in [0.15, 0.2) is 0 Å². The Morgan fingerprint density at radius 2 is 2.50 bits per heavy atom. The summed E-state index contributed by atoms with van der Waals surface area (Å²) >= 11 is 0. The quantitative estimate of drug-likeness (QED) is 0.575. The van der Waals surface area contributed by atoms with Crippen LogP contribution in [0, 0.1) is 0 Å². The molecule has 0 aromatic heterocycles. The summed E-state index contributed by atoms with van der Waals surface area (Å²) in [5.74, 6) is -0.101. The molecule has 1 saturated heterocycles. The predicted molar refractivity (Wildman–Crippen MR) is 43.4 cm³/mol. The number of urea groups is 1. The summed E-state index contributed by atoms with van der Waals surface area (Å²) in [6.07, 6.45) is 0.662. The SMILES string of the molecule is CCN(C(N)=O)C1CCNC1=O. The van der Waals surface area contributed by atoms with Gasteiger partial charge in [-0.15, -0.1) is 0 Å². The number of nitrogens with one attached hydrogen (secondary N) is 1. The highest BCUT2D eigenvalue weighted by Gasteiger charge is 2.30. The first kappa shape index (κ1) is 8.83. The van der Waals surface area contributed by atoms with E-state index >= 15 is 0 Å². The Morgan fingerprint density at radius 1 is 1.83 bits per heavy atom. The lowest BCUT2D eigenvalue weighted by Gasteiger charge is -2.22. The van der Waals surface area contributed by atoms with Gasteiger partial charge in [0.15, 0.2) is 0 Å². The summed E-state index contributed by atoms with van der Waals surface area (Å²) in [6.45, 7) is 2.91. The molecule has 5 heteroatoms. The van der Waals surface area contributed by atoms with Crippen LogP contribution >= 0.6 is 0 Å². The van der Waals surface area contributed by atoms with E-state index in [1.807, 2.05) is 0 Å². The molecule has 3 amide bonds. The maximum absolute atomic E-state index is 11.1. The van der Waals surface area contributed by atoms with Gasteiger partial charge < -0.3 is 16.0 Å². The van der Waals surface area contributed by atoms with Gasteiger partial charge in [0, 0.05) is 13.1 Å². The summed E-state index contributed by atoms with van der Waals surface area (Å²) in [4.78, 5) is 23.3. The molecule has 1 atom stereocenters. The van der Waals surface area contributed by atoms with Gasteiger partial charge in [-0.3, -0.25) is 4.79 Å². The maximum atomic E-state index is 11.1. The third kappa shape index (κ3) is 1.49. The number of nitrogens with zero attached hydrogens (tertiary/aromatic N) is 1. The summed E-state index contributed by atoms with van der Waals surface area (Å²) in [5.41, 5.74) is 5.10. The average molecular weight is 171 g/mol. The third-order valence-electron chi connectivity index (χ3n) is 2.02. The van der Waals surface area contributed by atoms with Crippen LogP contribution in [0.5, 0.6) is 0 Å². The Bertz CT molecular complexity index is 205. The number of hydrogen-bond donors (Lipinski definition) is 2. The van der Waals surface area contributed by atoms with Crippen LogP contribution in [0.1, 0.15) is 13.3 Å². The van der Waals surface area contributed by atoms with Gasteiger partial charge in [0.05, 0.1) is 0 Å². The highest BCUT2D eigenvalue weighted by atomic mass is 16.2. The number of amides is 3. The fourth-order valence-electron chi connectivity index (χ4n) is 1.41. The Morgan fingerprint density at radius 3 is 2.83 bits per heavy atom. The first-order chi connectivity index (χ1) is 5.66. The fraction of sp³-hybridized carbons (Fsp3) is 0.714. The minimum atomic E-state index is -0.528. The van der Waals surface area contributed by atoms with Crippen molar-refractivity contribution in [2.45, 2.75) is 19.4 Å². The second kappa shape index (κ2) is 3.42. The first-order valence-electron chi connectivity index (χ1n) is 4.00. The van der Waals surface area contributed by atoms with E-state index < -0.39 is 6.03 Å². The van der Waals surface area contributed by atoms with Crippen LogP contribution in [-0.2, 0) is 4.79 Å². The van der Waals surface area contributed by atoms with Crippen LogP contribution in [0.25, 0.3) is 0 Å². The minimum Gasteiger partial charge on any atom is -0.354 e. The number of hydrogen-bond acceptors (Lipinski definition) is 2. The molecule has 0 radical (unpaired) electrons. The predicted octanol–water partition coefficient (Wildman–Crippen LogP) is -0.724. The van der Waals surface area contributed by atoms with E-state index in [1.54, 1.807) is 6.92 Å². The van der Waals surface area contributed by atoms with Gasteiger partial charge in [-0.1, -0.05) is 0 Å². The Labute approximate surface area is 70.9 Å². The largest absolute Gasteiger partial charge is 0.354 e. The monoisotopic (exact) mass is 171 g/mol. The molecule has 0 bridgehead atoms. The van der Waals surface area contributed by atoms with Crippen LogP contribution in [0.2, 0.25) is 0 Å². The lowest BCUT2D eigenvalue weighted by molar-refractivity contribution is -0.122. The molecule has 1 fully saturated rings. The normalized spacial score (nSPS) is 22.1. The Kier molecular flexibility index (Phi) is 2.52. The van der Waals surface area contributed by atoms with Crippen LogP contribution in [0.3, 0.4) is 0 Å². The van der Waals surface area contributed by atoms with Gasteiger partial charge in [-0.25, -0.2) is 4.79 Å². The van der Waals surface area contributed by atoms with Gasteiger partial charge in [-0.05, 0) is 13.3 Å². The number of nitrogens with two attached hydrogens (primary N) is 1. The second-order valence-corrected chi connectivity index (χ2v) is 2.72. The Balaban J connectivity index is 2.65. The summed E-state index contributed by atoms with van der Waals surface area (Å²) in [6, 6.07) is -0.882. The molecule has 0 aromatic rings. The van der Waals surface area contributed by atoms with Crippen molar-refractivity contribution in [2.75, 3.05) is 13.1 Å². The molecule has 12 heavy (non-hydrogen) atoms. The van der Waals surface area contributed by atoms with Gasteiger partial charge in [0.2, 0.25) is 5.91 Å². The van der Waals surface area contributed by atoms with Crippen molar-refractivity contribution >= 4 is 11.9 Å². The molecule has 5 nitrogen and oxygen atoms in total. The van der Waals surface area contributed by atoms with Crippen molar-refractivity contribution in [3.8, 4) is 0 Å². The van der Waals surface area contributed by atoms with Gasteiger partial charge in [0.25, 0.3) is 0 Å². The van der Waals surface area contributed by atoms with Crippen molar-refractivity contribution in [2.24, 2.45) is 5.73 Å². The number of rotatable bonds is 2. The maximum Gasteiger partial charge on any atom is 0.315 e. The van der Waals surface area contributed by atoms with Gasteiger partial charge in [0.1, 0.15) is 6.04 Å².